The smallest absolute Gasteiger partial charge is 0.191 e. The van der Waals surface area contributed by atoms with E-state index in [0.717, 1.165) is 55.9 Å². The van der Waals surface area contributed by atoms with Crippen LogP contribution < -0.4 is 15.5 Å². The molecular weight excluding hydrogens is 511 g/mol. The van der Waals surface area contributed by atoms with E-state index in [0.29, 0.717) is 18.2 Å². The zero-order chi connectivity index (χ0) is 21.5. The average Bonchev–Trinajstić information content (AvgIpc) is 2.73. The van der Waals surface area contributed by atoms with Gasteiger partial charge in [-0.15, -0.1) is 24.0 Å². The molecule has 1 unspecified atom stereocenters. The van der Waals surface area contributed by atoms with Crippen molar-refractivity contribution in [3.63, 3.8) is 0 Å². The van der Waals surface area contributed by atoms with Crippen LogP contribution in [0.1, 0.15) is 43.7 Å². The van der Waals surface area contributed by atoms with Gasteiger partial charge in [0, 0.05) is 50.4 Å². The molecule has 2 N–H and O–H groups in total. The van der Waals surface area contributed by atoms with Crippen LogP contribution in [-0.2, 0) is 0 Å². The third kappa shape index (κ3) is 7.29. The van der Waals surface area contributed by atoms with Gasteiger partial charge in [-0.05, 0) is 49.9 Å². The Hall–Kier alpha value is -1.97. The Labute approximate surface area is 200 Å². The van der Waals surface area contributed by atoms with E-state index in [9.17, 15) is 8.78 Å². The number of benzene rings is 1. The van der Waals surface area contributed by atoms with Crippen molar-refractivity contribution >= 4 is 35.8 Å². The minimum atomic E-state index is -0.561. The van der Waals surface area contributed by atoms with E-state index in [1.165, 1.54) is 12.1 Å². The summed E-state index contributed by atoms with van der Waals surface area (Å²) in [5.74, 6) is 0.533. The molecule has 2 aromatic rings. The highest BCUT2D eigenvalue weighted by Crippen LogP contribution is 2.21. The molecule has 1 saturated heterocycles. The number of pyridine rings is 1. The monoisotopic (exact) mass is 543 g/mol. The summed E-state index contributed by atoms with van der Waals surface area (Å²) in [5, 5.41) is 6.78. The van der Waals surface area contributed by atoms with Gasteiger partial charge in [0.2, 0.25) is 0 Å². The standard InChI is InChI=1S/C23H31F2N5.HI/c1-4-26-23(28-15-17(3)20-7-6-18(24)13-21(20)25)29-19-9-11-30(12-10-19)22-8-5-16(2)14-27-22;/h5-8,13-14,17,19H,4,9-12,15H2,1-3H3,(H2,26,28,29);1H. The molecule has 0 radical (unpaired) electrons. The lowest BCUT2D eigenvalue weighted by molar-refractivity contribution is 0.459. The molecule has 0 amide bonds. The van der Waals surface area contributed by atoms with Crippen molar-refractivity contribution in [1.82, 2.24) is 15.6 Å². The Balaban J connectivity index is 0.00000341. The molecule has 170 valence electrons. The van der Waals surface area contributed by atoms with Crippen LogP contribution in [0.25, 0.3) is 0 Å². The van der Waals surface area contributed by atoms with Crippen molar-refractivity contribution in [2.24, 2.45) is 4.99 Å². The fraction of sp³-hybridized carbons (Fsp3) is 0.478. The van der Waals surface area contributed by atoms with Crippen LogP contribution >= 0.6 is 24.0 Å². The minimum absolute atomic E-state index is 0. The van der Waals surface area contributed by atoms with Crippen LogP contribution in [0.15, 0.2) is 41.5 Å². The highest BCUT2D eigenvalue weighted by molar-refractivity contribution is 14.0. The van der Waals surface area contributed by atoms with E-state index in [4.69, 9.17) is 0 Å². The second kappa shape index (κ2) is 12.2. The highest BCUT2D eigenvalue weighted by Gasteiger charge is 2.21. The first-order chi connectivity index (χ1) is 14.5. The maximum Gasteiger partial charge on any atom is 0.191 e. The molecule has 1 atom stereocenters. The Kier molecular flexibility index (Phi) is 9.93. The lowest BCUT2D eigenvalue weighted by Gasteiger charge is -2.34. The van der Waals surface area contributed by atoms with Crippen molar-refractivity contribution in [2.75, 3.05) is 31.1 Å². The predicted molar refractivity (Wildman–Crippen MR) is 134 cm³/mol. The van der Waals surface area contributed by atoms with E-state index in [-0.39, 0.29) is 29.9 Å². The molecule has 0 aliphatic carbocycles. The van der Waals surface area contributed by atoms with E-state index < -0.39 is 11.6 Å². The number of anilines is 1. The Morgan fingerprint density at radius 1 is 1.23 bits per heavy atom. The number of piperidine rings is 1. The highest BCUT2D eigenvalue weighted by atomic mass is 127. The quantitative estimate of drug-likeness (QED) is 0.318. The van der Waals surface area contributed by atoms with Crippen molar-refractivity contribution in [1.29, 1.82) is 0 Å². The van der Waals surface area contributed by atoms with Crippen LogP contribution in [-0.4, -0.2) is 43.2 Å². The van der Waals surface area contributed by atoms with Crippen molar-refractivity contribution in [3.8, 4) is 0 Å². The van der Waals surface area contributed by atoms with Gasteiger partial charge in [-0.2, -0.15) is 0 Å². The molecule has 0 spiro atoms. The topological polar surface area (TPSA) is 52.6 Å². The Morgan fingerprint density at radius 2 is 1.97 bits per heavy atom. The van der Waals surface area contributed by atoms with Gasteiger partial charge in [0.05, 0.1) is 0 Å². The summed E-state index contributed by atoms with van der Waals surface area (Å²) in [6, 6.07) is 8.20. The van der Waals surface area contributed by atoms with Crippen LogP contribution in [0.4, 0.5) is 14.6 Å². The minimum Gasteiger partial charge on any atom is -0.357 e. The molecule has 1 aliphatic rings. The Morgan fingerprint density at radius 3 is 2.58 bits per heavy atom. The summed E-state index contributed by atoms with van der Waals surface area (Å²) < 4.78 is 27.2. The molecule has 1 aromatic carbocycles. The average molecular weight is 543 g/mol. The maximum absolute atomic E-state index is 14.0. The van der Waals surface area contributed by atoms with Crippen LogP contribution in [0.5, 0.6) is 0 Å². The largest absolute Gasteiger partial charge is 0.357 e. The summed E-state index contributed by atoms with van der Waals surface area (Å²) in [6.45, 7) is 9.00. The van der Waals surface area contributed by atoms with Gasteiger partial charge in [-0.1, -0.05) is 19.1 Å². The SMILES string of the molecule is CCNC(=NCC(C)c1ccc(F)cc1F)NC1CCN(c2ccc(C)cn2)CC1.I. The molecule has 0 saturated carbocycles. The van der Waals surface area contributed by atoms with Crippen molar-refractivity contribution < 1.29 is 8.78 Å². The fourth-order valence-corrected chi connectivity index (χ4v) is 3.64. The third-order valence-electron chi connectivity index (χ3n) is 5.42. The number of hydrogen-bond donors (Lipinski definition) is 2. The first-order valence-corrected chi connectivity index (χ1v) is 10.6. The van der Waals surface area contributed by atoms with Gasteiger partial charge >= 0.3 is 0 Å². The summed E-state index contributed by atoms with van der Waals surface area (Å²) in [6.07, 6.45) is 3.88. The number of hydrogen-bond acceptors (Lipinski definition) is 3. The lowest BCUT2D eigenvalue weighted by atomic mass is 10.0. The summed E-state index contributed by atoms with van der Waals surface area (Å²) in [7, 11) is 0. The number of aromatic nitrogens is 1. The van der Waals surface area contributed by atoms with E-state index in [2.05, 4.69) is 37.6 Å². The Bertz CT molecular complexity index is 852. The second-order valence-corrected chi connectivity index (χ2v) is 7.89. The molecular formula is C23H32F2IN5. The number of nitrogens with zero attached hydrogens (tertiary/aromatic N) is 3. The molecule has 2 heterocycles. The number of aliphatic imine (C=N–C) groups is 1. The fourth-order valence-electron chi connectivity index (χ4n) is 3.64. The molecule has 8 heteroatoms. The van der Waals surface area contributed by atoms with Gasteiger partial charge < -0.3 is 15.5 Å². The molecule has 1 aliphatic heterocycles. The van der Waals surface area contributed by atoms with Gasteiger partial charge in [0.15, 0.2) is 5.96 Å². The number of rotatable bonds is 6. The van der Waals surface area contributed by atoms with Gasteiger partial charge in [-0.3, -0.25) is 4.99 Å². The van der Waals surface area contributed by atoms with Gasteiger partial charge in [-0.25, -0.2) is 13.8 Å². The van der Waals surface area contributed by atoms with Crippen LogP contribution in [0.3, 0.4) is 0 Å². The summed E-state index contributed by atoms with van der Waals surface area (Å²) in [4.78, 5) is 11.5. The molecule has 1 fully saturated rings. The van der Waals surface area contributed by atoms with Crippen molar-refractivity contribution in [3.05, 3.63) is 59.3 Å². The van der Waals surface area contributed by atoms with Crippen molar-refractivity contribution in [2.45, 2.75) is 45.6 Å². The number of aryl methyl sites for hydroxylation is 1. The molecule has 0 bridgehead atoms. The number of guanidine groups is 1. The predicted octanol–water partition coefficient (Wildman–Crippen LogP) is 4.61. The molecule has 1 aromatic heterocycles. The van der Waals surface area contributed by atoms with E-state index >= 15 is 0 Å². The first kappa shape index (κ1) is 25.3. The summed E-state index contributed by atoms with van der Waals surface area (Å²) in [5.41, 5.74) is 1.64. The molecule has 3 rings (SSSR count). The van der Waals surface area contributed by atoms with E-state index in [1.807, 2.05) is 27.0 Å². The van der Waals surface area contributed by atoms with Crippen LogP contribution in [0, 0.1) is 18.6 Å². The molecule has 5 nitrogen and oxygen atoms in total. The number of nitrogens with one attached hydrogen (secondary N) is 2. The zero-order valence-corrected chi connectivity index (χ0v) is 20.7. The van der Waals surface area contributed by atoms with Gasteiger partial charge in [0.25, 0.3) is 0 Å². The first-order valence-electron chi connectivity index (χ1n) is 10.6. The van der Waals surface area contributed by atoms with Crippen LogP contribution in [0.2, 0.25) is 0 Å². The molecule has 31 heavy (non-hydrogen) atoms. The summed E-state index contributed by atoms with van der Waals surface area (Å²) >= 11 is 0. The second-order valence-electron chi connectivity index (χ2n) is 7.89. The normalized spacial score (nSPS) is 15.9. The zero-order valence-electron chi connectivity index (χ0n) is 18.4. The third-order valence-corrected chi connectivity index (χ3v) is 5.42. The van der Waals surface area contributed by atoms with E-state index in [1.54, 1.807) is 0 Å². The number of halogens is 3. The maximum atomic E-state index is 14.0. The lowest BCUT2D eigenvalue weighted by Crippen LogP contribution is -2.49. The van der Waals surface area contributed by atoms with Gasteiger partial charge in [0.1, 0.15) is 17.5 Å².